The van der Waals surface area contributed by atoms with Crippen LogP contribution in [0.25, 0.3) is 11.0 Å². The van der Waals surface area contributed by atoms with E-state index in [1.54, 1.807) is 24.5 Å². The summed E-state index contributed by atoms with van der Waals surface area (Å²) in [5, 5.41) is 6.36. The Morgan fingerprint density at radius 1 is 1.16 bits per heavy atom. The SMILES string of the molecule is O=C(NC1CCNCC1)c1ccc2nccnc2c1. The van der Waals surface area contributed by atoms with Gasteiger partial charge in [-0.05, 0) is 44.1 Å². The van der Waals surface area contributed by atoms with E-state index in [0.29, 0.717) is 5.56 Å². The molecule has 1 fully saturated rings. The van der Waals surface area contributed by atoms with Gasteiger partial charge in [0, 0.05) is 24.0 Å². The van der Waals surface area contributed by atoms with E-state index in [1.165, 1.54) is 0 Å². The van der Waals surface area contributed by atoms with Gasteiger partial charge in [0.15, 0.2) is 0 Å². The predicted octanol–water partition coefficient (Wildman–Crippen LogP) is 1.11. The third-order valence-corrected chi connectivity index (χ3v) is 3.41. The van der Waals surface area contributed by atoms with Crippen molar-refractivity contribution in [2.75, 3.05) is 13.1 Å². The number of aromatic nitrogens is 2. The number of rotatable bonds is 2. The maximum atomic E-state index is 12.2. The fourth-order valence-electron chi connectivity index (χ4n) is 2.34. The molecule has 0 spiro atoms. The fraction of sp³-hybridized carbons (Fsp3) is 0.357. The van der Waals surface area contributed by atoms with Crippen LogP contribution in [-0.2, 0) is 0 Å². The van der Waals surface area contributed by atoms with Crippen LogP contribution in [0.5, 0.6) is 0 Å². The van der Waals surface area contributed by atoms with Gasteiger partial charge in [0.2, 0.25) is 0 Å². The molecule has 1 aliphatic rings. The molecular weight excluding hydrogens is 240 g/mol. The molecule has 1 amide bonds. The van der Waals surface area contributed by atoms with Gasteiger partial charge in [-0.3, -0.25) is 14.8 Å². The summed E-state index contributed by atoms with van der Waals surface area (Å²) >= 11 is 0. The molecule has 0 bridgehead atoms. The highest BCUT2D eigenvalue weighted by atomic mass is 16.1. The molecule has 3 rings (SSSR count). The van der Waals surface area contributed by atoms with Crippen molar-refractivity contribution in [3.05, 3.63) is 36.2 Å². The lowest BCUT2D eigenvalue weighted by Crippen LogP contribution is -2.42. The van der Waals surface area contributed by atoms with Crippen molar-refractivity contribution in [1.29, 1.82) is 0 Å². The Kier molecular flexibility index (Phi) is 3.37. The Balaban J connectivity index is 1.77. The molecule has 2 heterocycles. The van der Waals surface area contributed by atoms with Crippen LogP contribution in [0, 0.1) is 0 Å². The lowest BCUT2D eigenvalue weighted by molar-refractivity contribution is 0.0929. The predicted molar refractivity (Wildman–Crippen MR) is 72.9 cm³/mol. The second kappa shape index (κ2) is 5.32. The van der Waals surface area contributed by atoms with Crippen molar-refractivity contribution in [1.82, 2.24) is 20.6 Å². The molecule has 1 saturated heterocycles. The second-order valence-corrected chi connectivity index (χ2v) is 4.76. The zero-order valence-corrected chi connectivity index (χ0v) is 10.6. The Morgan fingerprint density at radius 3 is 2.68 bits per heavy atom. The van der Waals surface area contributed by atoms with Gasteiger partial charge in [0.1, 0.15) is 0 Å². The van der Waals surface area contributed by atoms with Crippen molar-refractivity contribution < 1.29 is 4.79 Å². The van der Waals surface area contributed by atoms with E-state index in [0.717, 1.165) is 37.0 Å². The van der Waals surface area contributed by atoms with Crippen LogP contribution in [0.1, 0.15) is 23.2 Å². The van der Waals surface area contributed by atoms with Crippen molar-refractivity contribution in [3.63, 3.8) is 0 Å². The van der Waals surface area contributed by atoms with Crippen LogP contribution in [0.3, 0.4) is 0 Å². The van der Waals surface area contributed by atoms with Gasteiger partial charge in [-0.15, -0.1) is 0 Å². The highest BCUT2D eigenvalue weighted by molar-refractivity contribution is 5.97. The zero-order valence-electron chi connectivity index (χ0n) is 10.6. The lowest BCUT2D eigenvalue weighted by Gasteiger charge is -2.23. The number of carbonyl (C=O) groups excluding carboxylic acids is 1. The molecule has 5 nitrogen and oxygen atoms in total. The molecule has 2 aromatic rings. The maximum absolute atomic E-state index is 12.2. The summed E-state index contributed by atoms with van der Waals surface area (Å²) in [5.41, 5.74) is 2.20. The van der Waals surface area contributed by atoms with E-state index in [1.807, 2.05) is 6.07 Å². The van der Waals surface area contributed by atoms with E-state index in [9.17, 15) is 4.79 Å². The molecule has 98 valence electrons. The number of nitrogens with zero attached hydrogens (tertiary/aromatic N) is 2. The van der Waals surface area contributed by atoms with Crippen molar-refractivity contribution in [2.24, 2.45) is 0 Å². The second-order valence-electron chi connectivity index (χ2n) is 4.76. The summed E-state index contributed by atoms with van der Waals surface area (Å²) in [6, 6.07) is 5.69. The van der Waals surface area contributed by atoms with Crippen LogP contribution in [0.4, 0.5) is 0 Å². The van der Waals surface area contributed by atoms with Crippen LogP contribution in [0.15, 0.2) is 30.6 Å². The van der Waals surface area contributed by atoms with Crippen LogP contribution >= 0.6 is 0 Å². The number of benzene rings is 1. The van der Waals surface area contributed by atoms with Gasteiger partial charge >= 0.3 is 0 Å². The van der Waals surface area contributed by atoms with Gasteiger partial charge in [0.05, 0.1) is 11.0 Å². The molecule has 2 N–H and O–H groups in total. The van der Waals surface area contributed by atoms with E-state index in [4.69, 9.17) is 0 Å². The topological polar surface area (TPSA) is 66.9 Å². The molecule has 5 heteroatoms. The number of carbonyl (C=O) groups is 1. The quantitative estimate of drug-likeness (QED) is 0.844. The van der Waals surface area contributed by atoms with Gasteiger partial charge in [0.25, 0.3) is 5.91 Å². The average Bonchev–Trinajstić information content (AvgIpc) is 2.48. The number of amides is 1. The first-order valence-electron chi connectivity index (χ1n) is 6.55. The van der Waals surface area contributed by atoms with Crippen LogP contribution in [0.2, 0.25) is 0 Å². The van der Waals surface area contributed by atoms with E-state index >= 15 is 0 Å². The average molecular weight is 256 g/mol. The first-order chi connectivity index (χ1) is 9.33. The first kappa shape index (κ1) is 12.0. The first-order valence-corrected chi connectivity index (χ1v) is 6.55. The number of piperidine rings is 1. The minimum absolute atomic E-state index is 0.0283. The fourth-order valence-corrected chi connectivity index (χ4v) is 2.34. The summed E-state index contributed by atoms with van der Waals surface area (Å²) in [4.78, 5) is 20.6. The minimum Gasteiger partial charge on any atom is -0.349 e. The lowest BCUT2D eigenvalue weighted by atomic mass is 10.1. The van der Waals surface area contributed by atoms with Gasteiger partial charge in [-0.1, -0.05) is 0 Å². The summed E-state index contributed by atoms with van der Waals surface area (Å²) in [5.74, 6) is -0.0283. The van der Waals surface area contributed by atoms with E-state index < -0.39 is 0 Å². The molecule has 0 atom stereocenters. The van der Waals surface area contributed by atoms with Crippen molar-refractivity contribution in [2.45, 2.75) is 18.9 Å². The summed E-state index contributed by atoms with van der Waals surface area (Å²) in [7, 11) is 0. The van der Waals surface area contributed by atoms with Crippen LogP contribution < -0.4 is 10.6 Å². The number of fused-ring (bicyclic) bond motifs is 1. The van der Waals surface area contributed by atoms with E-state index in [-0.39, 0.29) is 11.9 Å². The Morgan fingerprint density at radius 2 is 1.89 bits per heavy atom. The molecule has 19 heavy (non-hydrogen) atoms. The third kappa shape index (κ3) is 2.71. The summed E-state index contributed by atoms with van der Waals surface area (Å²) in [6.45, 7) is 1.93. The van der Waals surface area contributed by atoms with Gasteiger partial charge < -0.3 is 10.6 Å². The smallest absolute Gasteiger partial charge is 0.251 e. The zero-order chi connectivity index (χ0) is 13.1. The third-order valence-electron chi connectivity index (χ3n) is 3.41. The molecule has 0 aliphatic carbocycles. The molecule has 1 aromatic heterocycles. The Bertz CT molecular complexity index is 593. The molecule has 0 saturated carbocycles. The normalized spacial score (nSPS) is 16.4. The van der Waals surface area contributed by atoms with E-state index in [2.05, 4.69) is 20.6 Å². The number of hydrogen-bond donors (Lipinski definition) is 2. The summed E-state index contributed by atoms with van der Waals surface area (Å²) < 4.78 is 0. The highest BCUT2D eigenvalue weighted by Crippen LogP contribution is 2.12. The Labute approximate surface area is 111 Å². The molecule has 1 aliphatic heterocycles. The van der Waals surface area contributed by atoms with Crippen molar-refractivity contribution in [3.8, 4) is 0 Å². The number of nitrogens with one attached hydrogen (secondary N) is 2. The largest absolute Gasteiger partial charge is 0.349 e. The maximum Gasteiger partial charge on any atom is 0.251 e. The Hall–Kier alpha value is -2.01. The minimum atomic E-state index is -0.0283. The molecular formula is C14H16N4O. The van der Waals surface area contributed by atoms with Crippen molar-refractivity contribution >= 4 is 16.9 Å². The molecule has 1 aromatic carbocycles. The highest BCUT2D eigenvalue weighted by Gasteiger charge is 2.16. The molecule has 0 unspecified atom stereocenters. The monoisotopic (exact) mass is 256 g/mol. The summed E-state index contributed by atoms with van der Waals surface area (Å²) in [6.07, 6.45) is 5.26. The number of hydrogen-bond acceptors (Lipinski definition) is 4. The standard InChI is InChI=1S/C14H16N4O/c19-14(18-11-3-5-15-6-4-11)10-1-2-12-13(9-10)17-8-7-16-12/h1-2,7-9,11,15H,3-6H2,(H,18,19). The molecule has 0 radical (unpaired) electrons. The van der Waals surface area contributed by atoms with Gasteiger partial charge in [-0.25, -0.2) is 0 Å². The van der Waals surface area contributed by atoms with Crippen LogP contribution in [-0.4, -0.2) is 35.0 Å². The van der Waals surface area contributed by atoms with Gasteiger partial charge in [-0.2, -0.15) is 0 Å².